The Balaban J connectivity index is 1.67. The van der Waals surface area contributed by atoms with Gasteiger partial charge in [-0.3, -0.25) is 14.2 Å². The Kier molecular flexibility index (Phi) is 6.27. The van der Waals surface area contributed by atoms with Crippen LogP contribution in [-0.2, 0) is 4.79 Å². The summed E-state index contributed by atoms with van der Waals surface area (Å²) >= 11 is 4.54. The van der Waals surface area contributed by atoms with Crippen molar-refractivity contribution in [2.24, 2.45) is 4.99 Å². The molecule has 0 fully saturated rings. The van der Waals surface area contributed by atoms with E-state index in [4.69, 9.17) is 9.15 Å². The quantitative estimate of drug-likeness (QED) is 0.403. The summed E-state index contributed by atoms with van der Waals surface area (Å²) in [5, 5.41) is 2.94. The van der Waals surface area contributed by atoms with Crippen molar-refractivity contribution in [1.29, 1.82) is 0 Å². The predicted molar refractivity (Wildman–Crippen MR) is 138 cm³/mol. The predicted octanol–water partition coefficient (Wildman–Crippen LogP) is 4.24. The van der Waals surface area contributed by atoms with Gasteiger partial charge in [-0.15, -0.1) is 0 Å². The molecule has 0 saturated carbocycles. The number of nitrogens with one attached hydrogen (secondary N) is 1. The fraction of sp³-hybridized carbons (Fsp3) is 0.115. The molecule has 1 aliphatic rings. The first-order valence-corrected chi connectivity index (χ1v) is 12.3. The van der Waals surface area contributed by atoms with Crippen LogP contribution in [0.25, 0.3) is 6.08 Å². The molecule has 9 heteroatoms. The third-order valence-electron chi connectivity index (χ3n) is 5.60. The van der Waals surface area contributed by atoms with Crippen LogP contribution < -0.4 is 24.9 Å². The Morgan fingerprint density at radius 1 is 1.14 bits per heavy atom. The number of amides is 1. The van der Waals surface area contributed by atoms with E-state index in [0.29, 0.717) is 42.5 Å². The first kappa shape index (κ1) is 23.1. The average molecular weight is 550 g/mol. The summed E-state index contributed by atoms with van der Waals surface area (Å²) in [7, 11) is 1.59. The lowest BCUT2D eigenvalue weighted by Crippen LogP contribution is -2.40. The average Bonchev–Trinajstić information content (AvgIpc) is 3.41. The van der Waals surface area contributed by atoms with E-state index >= 15 is 0 Å². The Labute approximate surface area is 212 Å². The summed E-state index contributed by atoms with van der Waals surface area (Å²) in [6.07, 6.45) is 1.68. The van der Waals surface area contributed by atoms with Crippen LogP contribution >= 0.6 is 27.3 Å². The maximum absolute atomic E-state index is 13.6. The number of hydrogen-bond acceptors (Lipinski definition) is 6. The molecule has 1 atom stereocenters. The minimum atomic E-state index is -0.661. The lowest BCUT2D eigenvalue weighted by Gasteiger charge is -2.25. The molecule has 176 valence electrons. The van der Waals surface area contributed by atoms with Gasteiger partial charge in [0.1, 0.15) is 11.5 Å². The van der Waals surface area contributed by atoms with Crippen molar-refractivity contribution in [3.63, 3.8) is 0 Å². The molecule has 1 N–H and O–H groups in total. The maximum Gasteiger partial charge on any atom is 0.271 e. The summed E-state index contributed by atoms with van der Waals surface area (Å²) in [5.74, 6) is 0.906. The molecule has 0 saturated heterocycles. The van der Waals surface area contributed by atoms with Crippen LogP contribution in [0.4, 0.5) is 5.69 Å². The molecule has 1 aliphatic heterocycles. The number of benzene rings is 2. The molecular formula is C26H20BrN3O4S. The molecular weight excluding hydrogens is 530 g/mol. The summed E-state index contributed by atoms with van der Waals surface area (Å²) < 4.78 is 13.5. The molecule has 0 aliphatic carbocycles. The lowest BCUT2D eigenvalue weighted by atomic mass is 9.95. The Morgan fingerprint density at radius 2 is 1.89 bits per heavy atom. The minimum absolute atomic E-state index is 0.250. The molecule has 2 aromatic carbocycles. The van der Waals surface area contributed by atoms with Gasteiger partial charge in [0, 0.05) is 11.8 Å². The van der Waals surface area contributed by atoms with Crippen molar-refractivity contribution < 1.29 is 13.9 Å². The van der Waals surface area contributed by atoms with Gasteiger partial charge in [0.25, 0.3) is 11.5 Å². The van der Waals surface area contributed by atoms with Crippen LogP contribution in [0.3, 0.4) is 0 Å². The van der Waals surface area contributed by atoms with Crippen LogP contribution in [0.5, 0.6) is 5.75 Å². The molecule has 4 aromatic rings. The third-order valence-corrected chi connectivity index (χ3v) is 7.01. The second-order valence-electron chi connectivity index (χ2n) is 7.82. The first-order valence-electron chi connectivity index (χ1n) is 10.7. The van der Waals surface area contributed by atoms with E-state index in [-0.39, 0.29) is 11.5 Å². The second kappa shape index (κ2) is 9.52. The van der Waals surface area contributed by atoms with Gasteiger partial charge in [-0.2, -0.15) is 0 Å². The Morgan fingerprint density at radius 3 is 2.54 bits per heavy atom. The fourth-order valence-corrected chi connectivity index (χ4v) is 5.31. The van der Waals surface area contributed by atoms with Crippen molar-refractivity contribution in [3.05, 3.63) is 114 Å². The number of ether oxygens (including phenoxy) is 1. The summed E-state index contributed by atoms with van der Waals surface area (Å²) in [6, 6.07) is 19.4. The summed E-state index contributed by atoms with van der Waals surface area (Å²) in [6.45, 7) is 1.79. The van der Waals surface area contributed by atoms with E-state index in [1.54, 1.807) is 36.8 Å². The van der Waals surface area contributed by atoms with Gasteiger partial charge in [0.2, 0.25) is 0 Å². The molecule has 35 heavy (non-hydrogen) atoms. The molecule has 0 bridgehead atoms. The van der Waals surface area contributed by atoms with E-state index in [9.17, 15) is 9.59 Å². The number of para-hydroxylation sites is 1. The van der Waals surface area contributed by atoms with Gasteiger partial charge in [-0.05, 0) is 64.8 Å². The number of hydrogen-bond donors (Lipinski definition) is 1. The number of carbonyl (C=O) groups is 1. The Hall–Kier alpha value is -3.69. The number of carbonyl (C=O) groups excluding carboxylic acids is 1. The molecule has 1 amide bonds. The van der Waals surface area contributed by atoms with E-state index in [1.807, 2.05) is 54.6 Å². The molecule has 2 aromatic heterocycles. The number of furan rings is 1. The molecule has 7 nitrogen and oxygen atoms in total. The maximum atomic E-state index is 13.6. The highest BCUT2D eigenvalue weighted by Crippen LogP contribution is 2.31. The smallest absolute Gasteiger partial charge is 0.271 e. The number of fused-ring (bicyclic) bond motifs is 1. The number of aromatic nitrogens is 1. The zero-order valence-corrected chi connectivity index (χ0v) is 21.2. The van der Waals surface area contributed by atoms with Crippen LogP contribution in [-0.4, -0.2) is 17.6 Å². The summed E-state index contributed by atoms with van der Waals surface area (Å²) in [5.41, 5.74) is 2.13. The van der Waals surface area contributed by atoms with Gasteiger partial charge in [-0.1, -0.05) is 41.7 Å². The SMILES string of the molecule is COc1ccc([C@H]2C(C(=O)Nc3ccccc3)=C(C)N=c3s/c(=C/c4ccc(Br)o4)c(=O)n32)cc1. The largest absolute Gasteiger partial charge is 0.497 e. The number of anilines is 1. The van der Waals surface area contributed by atoms with Crippen molar-refractivity contribution in [1.82, 2.24) is 4.57 Å². The number of nitrogens with zero attached hydrogens (tertiary/aromatic N) is 2. The third kappa shape index (κ3) is 4.52. The lowest BCUT2D eigenvalue weighted by molar-refractivity contribution is -0.113. The monoisotopic (exact) mass is 549 g/mol. The van der Waals surface area contributed by atoms with Crippen LogP contribution in [0.15, 0.2) is 96.9 Å². The molecule has 0 unspecified atom stereocenters. The molecule has 0 radical (unpaired) electrons. The highest BCUT2D eigenvalue weighted by Gasteiger charge is 2.32. The number of halogens is 1. The van der Waals surface area contributed by atoms with Crippen LogP contribution in [0.2, 0.25) is 0 Å². The molecule has 3 heterocycles. The van der Waals surface area contributed by atoms with Gasteiger partial charge in [0.15, 0.2) is 9.47 Å². The van der Waals surface area contributed by atoms with Crippen molar-refractivity contribution in [3.8, 4) is 5.75 Å². The number of allylic oxidation sites excluding steroid dienone is 1. The minimum Gasteiger partial charge on any atom is -0.497 e. The zero-order chi connectivity index (χ0) is 24.5. The van der Waals surface area contributed by atoms with Gasteiger partial charge in [0.05, 0.1) is 29.0 Å². The first-order chi connectivity index (χ1) is 16.9. The number of thiazole rings is 1. The zero-order valence-electron chi connectivity index (χ0n) is 18.8. The van der Waals surface area contributed by atoms with E-state index in [0.717, 1.165) is 5.56 Å². The van der Waals surface area contributed by atoms with Crippen molar-refractivity contribution >= 4 is 44.9 Å². The van der Waals surface area contributed by atoms with E-state index in [2.05, 4.69) is 26.2 Å². The highest BCUT2D eigenvalue weighted by atomic mass is 79.9. The molecule has 0 spiro atoms. The fourth-order valence-electron chi connectivity index (χ4n) is 3.97. The number of methoxy groups -OCH3 is 1. The second-order valence-corrected chi connectivity index (χ2v) is 9.61. The standard InChI is InChI=1S/C26H20BrN3O4S/c1-15-22(24(31)29-17-6-4-3-5-7-17)23(16-8-10-18(33-2)11-9-16)30-25(32)20(35-26(30)28-15)14-19-12-13-21(27)34-19/h3-14,23H,1-2H3,(H,29,31)/b20-14+/t23-/m0/s1. The topological polar surface area (TPSA) is 85.8 Å². The Bertz CT molecular complexity index is 1620. The summed E-state index contributed by atoms with van der Waals surface area (Å²) in [4.78, 5) is 32.3. The van der Waals surface area contributed by atoms with Crippen LogP contribution in [0.1, 0.15) is 24.3 Å². The van der Waals surface area contributed by atoms with Crippen molar-refractivity contribution in [2.75, 3.05) is 12.4 Å². The van der Waals surface area contributed by atoms with E-state index in [1.165, 1.54) is 11.3 Å². The van der Waals surface area contributed by atoms with E-state index < -0.39 is 6.04 Å². The van der Waals surface area contributed by atoms with Crippen molar-refractivity contribution in [2.45, 2.75) is 13.0 Å². The highest BCUT2D eigenvalue weighted by molar-refractivity contribution is 9.10. The van der Waals surface area contributed by atoms with Crippen LogP contribution in [0, 0.1) is 0 Å². The number of rotatable bonds is 5. The van der Waals surface area contributed by atoms with Gasteiger partial charge >= 0.3 is 0 Å². The normalized spacial score (nSPS) is 15.5. The van der Waals surface area contributed by atoms with Gasteiger partial charge < -0.3 is 14.5 Å². The molecule has 5 rings (SSSR count). The van der Waals surface area contributed by atoms with Gasteiger partial charge in [-0.25, -0.2) is 4.99 Å².